The summed E-state index contributed by atoms with van der Waals surface area (Å²) in [5.41, 5.74) is 2.36. The van der Waals surface area contributed by atoms with Gasteiger partial charge in [-0.1, -0.05) is 36.4 Å². The van der Waals surface area contributed by atoms with Crippen LogP contribution in [0.5, 0.6) is 11.5 Å². The summed E-state index contributed by atoms with van der Waals surface area (Å²) in [5, 5.41) is 8.16. The maximum Gasteiger partial charge on any atom is 0.281 e. The summed E-state index contributed by atoms with van der Waals surface area (Å²) in [6.07, 6.45) is 1.39. The van der Waals surface area contributed by atoms with E-state index in [4.69, 9.17) is 9.47 Å². The zero-order valence-electron chi connectivity index (χ0n) is 17.1. The van der Waals surface area contributed by atoms with Crippen molar-refractivity contribution in [3.63, 3.8) is 0 Å². The number of carbonyl (C=O) groups is 2. The van der Waals surface area contributed by atoms with Crippen LogP contribution >= 0.6 is 11.3 Å². The van der Waals surface area contributed by atoms with E-state index in [0.717, 1.165) is 22.4 Å². The molecule has 1 atom stereocenters. The normalized spacial score (nSPS) is 15.5. The third-order valence-corrected chi connectivity index (χ3v) is 5.87. The van der Waals surface area contributed by atoms with E-state index in [1.165, 1.54) is 5.01 Å². The monoisotopic (exact) mass is 434 g/mol. The fourth-order valence-corrected chi connectivity index (χ4v) is 4.25. The molecule has 0 fully saturated rings. The number of ether oxygens (including phenoxy) is 2. The molecule has 1 unspecified atom stereocenters. The van der Waals surface area contributed by atoms with Crippen molar-refractivity contribution in [2.75, 3.05) is 13.2 Å². The predicted molar refractivity (Wildman–Crippen MR) is 120 cm³/mol. The van der Waals surface area contributed by atoms with E-state index in [-0.39, 0.29) is 18.6 Å². The molecule has 0 saturated carbocycles. The molecule has 158 valence electrons. The lowest BCUT2D eigenvalue weighted by Gasteiger charge is -2.21. The maximum atomic E-state index is 13.1. The molecule has 1 amide bonds. The highest BCUT2D eigenvalue weighted by Crippen LogP contribution is 2.35. The van der Waals surface area contributed by atoms with Crippen LogP contribution in [0.4, 0.5) is 0 Å². The van der Waals surface area contributed by atoms with E-state index in [2.05, 4.69) is 5.10 Å². The van der Waals surface area contributed by atoms with E-state index in [9.17, 15) is 9.59 Å². The van der Waals surface area contributed by atoms with Gasteiger partial charge in [-0.3, -0.25) is 9.59 Å². The average Bonchev–Trinajstić information content (AvgIpc) is 3.49. The number of benzene rings is 2. The second-order valence-corrected chi connectivity index (χ2v) is 7.91. The molecule has 1 aliphatic rings. The van der Waals surface area contributed by atoms with Gasteiger partial charge < -0.3 is 9.47 Å². The minimum atomic E-state index is -0.244. The van der Waals surface area contributed by atoms with Gasteiger partial charge in [-0.2, -0.15) is 5.10 Å². The minimum absolute atomic E-state index is 0.157. The van der Waals surface area contributed by atoms with E-state index in [1.54, 1.807) is 29.5 Å². The SMILES string of the molecule is CCOc1cc(C=O)ccc1OCC(=O)N1N=C(c2ccccc2)CC1c1cccs1. The van der Waals surface area contributed by atoms with Gasteiger partial charge >= 0.3 is 0 Å². The van der Waals surface area contributed by atoms with Gasteiger partial charge in [0, 0.05) is 16.9 Å². The Hall–Kier alpha value is -3.45. The molecule has 4 rings (SSSR count). The minimum Gasteiger partial charge on any atom is -0.490 e. The van der Waals surface area contributed by atoms with Crippen LogP contribution in [0.3, 0.4) is 0 Å². The van der Waals surface area contributed by atoms with Crippen molar-refractivity contribution >= 4 is 29.2 Å². The molecule has 2 aromatic carbocycles. The van der Waals surface area contributed by atoms with Crippen molar-refractivity contribution < 1.29 is 19.1 Å². The van der Waals surface area contributed by atoms with E-state index in [0.29, 0.717) is 30.1 Å². The number of hydrogen-bond acceptors (Lipinski definition) is 6. The molecule has 0 bridgehead atoms. The molecule has 7 heteroatoms. The van der Waals surface area contributed by atoms with Gasteiger partial charge in [-0.15, -0.1) is 11.3 Å². The Morgan fingerprint density at radius 3 is 2.68 bits per heavy atom. The van der Waals surface area contributed by atoms with E-state index >= 15 is 0 Å². The lowest BCUT2D eigenvalue weighted by atomic mass is 10.0. The molecule has 1 aromatic heterocycles. The molecule has 31 heavy (non-hydrogen) atoms. The fraction of sp³-hybridized carbons (Fsp3) is 0.208. The third-order valence-electron chi connectivity index (χ3n) is 4.90. The number of thiophene rings is 1. The van der Waals surface area contributed by atoms with Crippen molar-refractivity contribution in [3.8, 4) is 11.5 Å². The zero-order valence-corrected chi connectivity index (χ0v) is 17.9. The molecule has 0 spiro atoms. The first-order valence-corrected chi connectivity index (χ1v) is 10.9. The molecular formula is C24H22N2O4S. The van der Waals surface area contributed by atoms with Gasteiger partial charge in [0.1, 0.15) is 6.29 Å². The molecule has 0 radical (unpaired) electrons. The number of hydrogen-bond donors (Lipinski definition) is 0. The van der Waals surface area contributed by atoms with Gasteiger partial charge in [-0.25, -0.2) is 5.01 Å². The maximum absolute atomic E-state index is 13.1. The highest BCUT2D eigenvalue weighted by molar-refractivity contribution is 7.10. The Bertz CT molecular complexity index is 1080. The van der Waals surface area contributed by atoms with Crippen molar-refractivity contribution in [2.24, 2.45) is 5.10 Å². The summed E-state index contributed by atoms with van der Waals surface area (Å²) in [6.45, 7) is 2.08. The van der Waals surface area contributed by atoms with Crippen LogP contribution in [0.2, 0.25) is 0 Å². The van der Waals surface area contributed by atoms with Crippen LogP contribution in [0, 0.1) is 0 Å². The smallest absolute Gasteiger partial charge is 0.281 e. The Labute approximate surface area is 184 Å². The third kappa shape index (κ3) is 4.67. The van der Waals surface area contributed by atoms with Crippen LogP contribution in [0.1, 0.15) is 40.2 Å². The van der Waals surface area contributed by atoms with Crippen molar-refractivity contribution in [1.82, 2.24) is 5.01 Å². The zero-order chi connectivity index (χ0) is 21.6. The highest BCUT2D eigenvalue weighted by atomic mass is 32.1. The number of nitrogens with zero attached hydrogens (tertiary/aromatic N) is 2. The van der Waals surface area contributed by atoms with Gasteiger partial charge in [0.25, 0.3) is 5.91 Å². The van der Waals surface area contributed by atoms with E-state index < -0.39 is 0 Å². The Kier molecular flexibility index (Phi) is 6.43. The Morgan fingerprint density at radius 2 is 1.97 bits per heavy atom. The number of aldehydes is 1. The number of hydrazone groups is 1. The summed E-state index contributed by atoms with van der Waals surface area (Å²) in [7, 11) is 0. The summed E-state index contributed by atoms with van der Waals surface area (Å²) in [4.78, 5) is 25.2. The summed E-state index contributed by atoms with van der Waals surface area (Å²) < 4.78 is 11.3. The van der Waals surface area contributed by atoms with Crippen LogP contribution in [-0.2, 0) is 4.79 Å². The number of carbonyl (C=O) groups excluding carboxylic acids is 2. The number of rotatable bonds is 8. The molecule has 6 nitrogen and oxygen atoms in total. The molecule has 0 saturated heterocycles. The van der Waals surface area contributed by atoms with Crippen molar-refractivity contribution in [1.29, 1.82) is 0 Å². The van der Waals surface area contributed by atoms with Gasteiger partial charge in [-0.05, 0) is 42.1 Å². The second kappa shape index (κ2) is 9.57. The van der Waals surface area contributed by atoms with Crippen LogP contribution in [0.15, 0.2) is 71.1 Å². The first-order valence-electron chi connectivity index (χ1n) is 10.0. The standard InChI is InChI=1S/C24H22N2O4S/c1-2-29-22-13-17(15-27)10-11-21(22)30-16-24(28)26-20(23-9-6-12-31-23)14-19(25-26)18-7-4-3-5-8-18/h3-13,15,20H,2,14,16H2,1H3. The summed E-state index contributed by atoms with van der Waals surface area (Å²) >= 11 is 1.61. The van der Waals surface area contributed by atoms with Crippen LogP contribution in [0.25, 0.3) is 0 Å². The summed E-state index contributed by atoms with van der Waals surface area (Å²) in [6, 6.07) is 18.6. The molecular weight excluding hydrogens is 412 g/mol. The van der Waals surface area contributed by atoms with Crippen LogP contribution < -0.4 is 9.47 Å². The molecule has 0 aliphatic carbocycles. The average molecular weight is 435 g/mol. The predicted octanol–water partition coefficient (Wildman–Crippen LogP) is 4.72. The molecule has 2 heterocycles. The van der Waals surface area contributed by atoms with Crippen molar-refractivity contribution in [2.45, 2.75) is 19.4 Å². The first kappa shape index (κ1) is 20.8. The molecule has 0 N–H and O–H groups in total. The largest absolute Gasteiger partial charge is 0.490 e. The Balaban J connectivity index is 1.54. The van der Waals surface area contributed by atoms with Crippen molar-refractivity contribution in [3.05, 3.63) is 82.0 Å². The fourth-order valence-electron chi connectivity index (χ4n) is 3.44. The highest BCUT2D eigenvalue weighted by Gasteiger charge is 2.34. The first-order chi connectivity index (χ1) is 15.2. The van der Waals surface area contributed by atoms with Gasteiger partial charge in [0.05, 0.1) is 18.4 Å². The van der Waals surface area contributed by atoms with Gasteiger partial charge in [0.15, 0.2) is 18.1 Å². The number of amides is 1. The summed E-state index contributed by atoms with van der Waals surface area (Å²) in [5.74, 6) is 0.607. The lowest BCUT2D eigenvalue weighted by Crippen LogP contribution is -2.31. The molecule has 1 aliphatic heterocycles. The lowest BCUT2D eigenvalue weighted by molar-refractivity contribution is -0.135. The quantitative estimate of drug-likeness (QED) is 0.481. The topological polar surface area (TPSA) is 68.2 Å². The Morgan fingerprint density at radius 1 is 1.13 bits per heavy atom. The van der Waals surface area contributed by atoms with E-state index in [1.807, 2.05) is 54.8 Å². The molecule has 3 aromatic rings. The van der Waals surface area contributed by atoms with Gasteiger partial charge in [0.2, 0.25) is 0 Å². The second-order valence-electron chi connectivity index (χ2n) is 6.93. The van der Waals surface area contributed by atoms with Crippen LogP contribution in [-0.4, -0.2) is 36.1 Å².